The number of anilines is 1. The summed E-state index contributed by atoms with van der Waals surface area (Å²) in [5, 5.41) is 14.6. The van der Waals surface area contributed by atoms with Crippen molar-refractivity contribution >= 4 is 59.1 Å². The summed E-state index contributed by atoms with van der Waals surface area (Å²) in [5.41, 5.74) is -3.85. The molecule has 1 aromatic rings. The monoisotopic (exact) mass is 1150 g/mol. The summed E-state index contributed by atoms with van der Waals surface area (Å²) in [6.45, 7) is 19.0. The van der Waals surface area contributed by atoms with E-state index in [0.29, 0.717) is 43.8 Å². The van der Waals surface area contributed by atoms with Crippen LogP contribution in [0, 0.1) is 0 Å². The fourth-order valence-electron chi connectivity index (χ4n) is 10.3. The van der Waals surface area contributed by atoms with Crippen LogP contribution in [0.25, 0.3) is 0 Å². The van der Waals surface area contributed by atoms with Gasteiger partial charge in [-0.05, 0) is 106 Å². The molecule has 0 unspecified atom stereocenters. The second-order valence-corrected chi connectivity index (χ2v) is 23.9. The quantitative estimate of drug-likeness (QED) is 0.0913. The van der Waals surface area contributed by atoms with Gasteiger partial charge in [-0.15, -0.1) is 0 Å². The predicted octanol–water partition coefficient (Wildman–Crippen LogP) is 6.43. The fourth-order valence-corrected chi connectivity index (χ4v) is 10.6. The van der Waals surface area contributed by atoms with Crippen molar-refractivity contribution in [3.8, 4) is 5.75 Å². The summed E-state index contributed by atoms with van der Waals surface area (Å²) >= 11 is 6.85. The minimum Gasteiger partial charge on any atom is -0.495 e. The molecule has 0 spiro atoms. The van der Waals surface area contributed by atoms with Gasteiger partial charge in [-0.1, -0.05) is 35.4 Å². The third-order valence-corrected chi connectivity index (χ3v) is 15.0. The summed E-state index contributed by atoms with van der Waals surface area (Å²) in [6, 6.07) is 2.04. The van der Waals surface area contributed by atoms with E-state index in [1.165, 1.54) is 38.0 Å². The number of aliphatic hydroxyl groups is 1. The maximum Gasteiger partial charge on any atom is 0.410 e. The normalized spacial score (nSPS) is 26.3. The van der Waals surface area contributed by atoms with Gasteiger partial charge in [0.25, 0.3) is 0 Å². The molecule has 6 bridgehead atoms. The van der Waals surface area contributed by atoms with Crippen molar-refractivity contribution in [2.75, 3.05) is 79.3 Å². The zero-order chi connectivity index (χ0) is 59.5. The second kappa shape index (κ2) is 27.5. The van der Waals surface area contributed by atoms with Gasteiger partial charge in [0.1, 0.15) is 57.5 Å². The number of amides is 5. The molecule has 5 aliphatic heterocycles. The second-order valence-electron chi connectivity index (χ2n) is 23.5. The highest BCUT2D eigenvalue weighted by atomic mass is 35.5. The molecule has 23 heteroatoms. The number of likely N-dealkylation sites (N-methyl/N-ethyl adjacent to an activating group) is 1. The Morgan fingerprint density at radius 1 is 0.912 bits per heavy atom. The average Bonchev–Trinajstić information content (AvgIpc) is 3.36. The van der Waals surface area contributed by atoms with Gasteiger partial charge in [-0.25, -0.2) is 14.4 Å². The summed E-state index contributed by atoms with van der Waals surface area (Å²) < 4.78 is 52.1. The number of methoxy groups -OCH3 is 2. The van der Waals surface area contributed by atoms with Gasteiger partial charge in [0, 0.05) is 72.6 Å². The van der Waals surface area contributed by atoms with Crippen LogP contribution in [0.1, 0.15) is 126 Å². The van der Waals surface area contributed by atoms with Gasteiger partial charge in [0.05, 0.1) is 52.1 Å². The molecule has 3 saturated heterocycles. The molecule has 448 valence electrons. The number of nitrogens with zero attached hydrogens (tertiary/aromatic N) is 4. The Hall–Kier alpha value is -5.52. The Bertz CT molecular complexity index is 2440. The first kappa shape index (κ1) is 65.3. The van der Waals surface area contributed by atoms with Crippen LogP contribution in [-0.4, -0.2) is 195 Å². The Balaban J connectivity index is 1.30. The minimum atomic E-state index is -1.93. The van der Waals surface area contributed by atoms with Crippen molar-refractivity contribution in [3.05, 3.63) is 46.5 Å². The summed E-state index contributed by atoms with van der Waals surface area (Å²) in [6.07, 6.45) is 0.943. The smallest absolute Gasteiger partial charge is 0.410 e. The summed E-state index contributed by atoms with van der Waals surface area (Å²) in [5.74, 6) is -2.28. The Kier molecular flexibility index (Phi) is 22.4. The third kappa shape index (κ3) is 17.7. The van der Waals surface area contributed by atoms with E-state index in [-0.39, 0.29) is 88.0 Å². The first-order valence-corrected chi connectivity index (χ1v) is 27.7. The molecule has 0 aromatic heterocycles. The summed E-state index contributed by atoms with van der Waals surface area (Å²) in [4.78, 5) is 101. The van der Waals surface area contributed by atoms with E-state index in [0.717, 1.165) is 11.1 Å². The first-order valence-electron chi connectivity index (χ1n) is 27.3. The topological polar surface area (TPSA) is 248 Å². The van der Waals surface area contributed by atoms with E-state index < -0.39 is 88.9 Å². The Morgan fingerprint density at radius 2 is 1.54 bits per heavy atom. The number of benzene rings is 1. The number of hydrogen-bond acceptors (Lipinski definition) is 17. The SMILES string of the molecule is COc1cc2cc(c1Cl)N(C)C(=O)C[C@H](OC(=O)[C@H](C)N(C)C(=O)CCC(=O)N(CCOCCOCCC(=O)OC(C)(C)C)C1CCN(C(=O)OC(C)(C)C)CC1)[C@@]1(C)C[C@@](C)(O1)[C@@H]1C[C@@](O)(NC(=O)O1)[C@H](OC)/C=C/C=C(\C)C2. The molecule has 0 radical (unpaired) electrons. The van der Waals surface area contributed by atoms with Crippen molar-refractivity contribution in [1.82, 2.24) is 20.0 Å². The van der Waals surface area contributed by atoms with E-state index in [9.17, 15) is 38.7 Å². The van der Waals surface area contributed by atoms with Crippen LogP contribution in [0.5, 0.6) is 5.75 Å². The predicted molar refractivity (Wildman–Crippen MR) is 295 cm³/mol. The number of nitrogens with one attached hydrogen (secondary N) is 1. The zero-order valence-electron chi connectivity index (χ0n) is 49.2. The number of fused-ring (bicyclic) bond motifs is 6. The van der Waals surface area contributed by atoms with Crippen LogP contribution >= 0.6 is 11.6 Å². The molecule has 2 N–H and O–H groups in total. The Morgan fingerprint density at radius 3 is 2.15 bits per heavy atom. The molecule has 5 aliphatic rings. The standard InChI is InChI=1S/C57H86ClN5O17/c1-36-16-15-17-42(73-14)57(71)34-44(77-51(69)59-57)56(10)35-55(9,80-56)43(33-47(66)61(12)40-31-38(30-36)32-41(72-13)49(40)58)76-50(68)37(2)60(11)45(64)18-19-46(65)63(39-20-23-62(24-21-39)52(70)79-54(6,7)8)25-27-75-29-28-74-26-22-48(67)78-53(3,4)5/h15-17,31-32,37,39,42-44,71H,18-30,33-35H2,1-14H3,(H,59,69)/b17-15+,36-16+/t37-,42+,43-,44-,55+,56+,57-/m0/s1. The van der Waals surface area contributed by atoms with Crippen LogP contribution in [0.15, 0.2) is 35.9 Å². The van der Waals surface area contributed by atoms with E-state index in [1.807, 2.05) is 13.0 Å². The highest BCUT2D eigenvalue weighted by molar-refractivity contribution is 6.35. The molecule has 22 nitrogen and oxygen atoms in total. The number of carbonyl (C=O) groups is 7. The van der Waals surface area contributed by atoms with Crippen molar-refractivity contribution in [1.29, 1.82) is 0 Å². The molecule has 0 saturated carbocycles. The lowest BCUT2D eigenvalue weighted by atomic mass is 9.72. The number of esters is 2. The van der Waals surface area contributed by atoms with E-state index in [2.05, 4.69) is 5.32 Å². The number of carbonyl (C=O) groups excluding carboxylic acids is 7. The average molecular weight is 1150 g/mol. The molecule has 1 aromatic carbocycles. The van der Waals surface area contributed by atoms with Crippen molar-refractivity contribution < 1.29 is 81.3 Å². The first-order chi connectivity index (χ1) is 37.3. The molecular weight excluding hydrogens is 1060 g/mol. The van der Waals surface area contributed by atoms with Crippen LogP contribution < -0.4 is 15.0 Å². The highest BCUT2D eigenvalue weighted by Gasteiger charge is 2.63. The lowest BCUT2D eigenvalue weighted by Crippen LogP contribution is -2.72. The fraction of sp³-hybridized carbons (Fsp3) is 0.702. The molecule has 5 amide bonds. The highest BCUT2D eigenvalue weighted by Crippen LogP contribution is 2.50. The van der Waals surface area contributed by atoms with Crippen LogP contribution in [0.3, 0.4) is 0 Å². The number of hydrogen-bond donors (Lipinski definition) is 2. The van der Waals surface area contributed by atoms with Crippen LogP contribution in [0.2, 0.25) is 5.02 Å². The number of ether oxygens (including phenoxy) is 9. The maximum atomic E-state index is 14.5. The molecule has 3 fully saturated rings. The molecule has 7 atom stereocenters. The number of piperidine rings is 1. The number of likely N-dealkylation sites (tertiary alicyclic amines) is 1. The van der Waals surface area contributed by atoms with Crippen molar-refractivity contribution in [2.45, 2.75) is 186 Å². The Labute approximate surface area is 475 Å². The van der Waals surface area contributed by atoms with Crippen molar-refractivity contribution in [3.63, 3.8) is 0 Å². The third-order valence-electron chi connectivity index (χ3n) is 14.6. The lowest BCUT2D eigenvalue weighted by molar-refractivity contribution is -0.328. The van der Waals surface area contributed by atoms with Gasteiger partial charge >= 0.3 is 24.1 Å². The largest absolute Gasteiger partial charge is 0.495 e. The van der Waals surface area contributed by atoms with E-state index in [1.54, 1.807) is 96.5 Å². The maximum absolute atomic E-state index is 14.5. The molecule has 6 rings (SSSR count). The van der Waals surface area contributed by atoms with Gasteiger partial charge in [-0.3, -0.25) is 24.5 Å². The van der Waals surface area contributed by atoms with Crippen molar-refractivity contribution in [2.24, 2.45) is 0 Å². The number of halogens is 1. The van der Waals surface area contributed by atoms with Gasteiger partial charge in [0.2, 0.25) is 17.7 Å². The molecule has 5 heterocycles. The minimum absolute atomic E-state index is 0.0823. The number of allylic oxidation sites excluding steroid dienone is 3. The molecule has 0 aliphatic carbocycles. The van der Waals surface area contributed by atoms with Crippen LogP contribution in [-0.2, 0) is 68.3 Å². The van der Waals surface area contributed by atoms with Gasteiger partial charge < -0.3 is 67.3 Å². The van der Waals surface area contributed by atoms with E-state index in [4.69, 9.17) is 54.2 Å². The zero-order valence-corrected chi connectivity index (χ0v) is 50.0. The van der Waals surface area contributed by atoms with Gasteiger partial charge in [0.15, 0.2) is 5.72 Å². The molecule has 80 heavy (non-hydrogen) atoms. The lowest BCUT2D eigenvalue weighted by Gasteiger charge is -2.59. The number of rotatable bonds is 18. The van der Waals surface area contributed by atoms with Gasteiger partial charge in [-0.2, -0.15) is 0 Å². The number of alkyl carbamates (subject to hydrolysis) is 1. The van der Waals surface area contributed by atoms with Crippen LogP contribution in [0.4, 0.5) is 15.3 Å². The summed E-state index contributed by atoms with van der Waals surface area (Å²) in [7, 11) is 5.83. The molecular formula is C57H86ClN5O17. The van der Waals surface area contributed by atoms with E-state index >= 15 is 0 Å².